The summed E-state index contributed by atoms with van der Waals surface area (Å²) in [6.07, 6.45) is 1.01. The number of aliphatic hydroxyl groups excluding tert-OH is 2. The van der Waals surface area contributed by atoms with Gasteiger partial charge in [-0.05, 0) is 82.0 Å². The third kappa shape index (κ3) is 9.89. The average molecular weight is 602 g/mol. The fourth-order valence-corrected chi connectivity index (χ4v) is 6.92. The van der Waals surface area contributed by atoms with E-state index in [1.54, 1.807) is 7.11 Å². The topological polar surface area (TPSA) is 143 Å². The van der Waals surface area contributed by atoms with Gasteiger partial charge in [-0.15, -0.1) is 0 Å². The summed E-state index contributed by atoms with van der Waals surface area (Å²) in [7, 11) is 1.67. The Balaban J connectivity index is 1.45. The van der Waals surface area contributed by atoms with Crippen LogP contribution < -0.4 is 20.7 Å². The molecule has 1 aromatic carbocycles. The molecule has 0 aromatic heterocycles. The number of aliphatic hydroxyl groups is 2. The lowest BCUT2D eigenvalue weighted by Gasteiger charge is -2.39. The average Bonchev–Trinajstić information content (AvgIpc) is 3.38. The summed E-state index contributed by atoms with van der Waals surface area (Å²) in [6.45, 7) is 8.00. The first-order valence-electron chi connectivity index (χ1n) is 15.9. The first-order valence-corrected chi connectivity index (χ1v) is 15.9. The van der Waals surface area contributed by atoms with Gasteiger partial charge in [-0.1, -0.05) is 12.1 Å². The minimum absolute atomic E-state index is 0.0404. The van der Waals surface area contributed by atoms with Crippen molar-refractivity contribution in [3.63, 3.8) is 0 Å². The summed E-state index contributed by atoms with van der Waals surface area (Å²) in [6, 6.07) is 7.69. The van der Waals surface area contributed by atoms with E-state index in [0.717, 1.165) is 38.2 Å². The first-order chi connectivity index (χ1) is 20.6. The van der Waals surface area contributed by atoms with Crippen molar-refractivity contribution in [2.75, 3.05) is 39.8 Å². The van der Waals surface area contributed by atoms with Crippen LogP contribution in [0.4, 0.5) is 0 Å². The van der Waals surface area contributed by atoms with Gasteiger partial charge in [0.05, 0.1) is 31.8 Å². The van der Waals surface area contributed by atoms with Crippen molar-refractivity contribution in [1.82, 2.24) is 25.8 Å². The van der Waals surface area contributed by atoms with Crippen LogP contribution in [0.25, 0.3) is 0 Å². The number of nitrogens with zero attached hydrogens (tertiary/aromatic N) is 2. The number of nitrogens with one attached hydrogen (secondary N) is 3. The number of piperidine rings is 1. The number of hydrogen-bond acceptors (Lipinski definition) is 8. The van der Waals surface area contributed by atoms with Crippen molar-refractivity contribution in [3.05, 3.63) is 29.8 Å². The predicted octanol–water partition coefficient (Wildman–Crippen LogP) is 1.02. The molecule has 0 radical (unpaired) electrons. The van der Waals surface area contributed by atoms with Gasteiger partial charge >= 0.3 is 0 Å². The molecule has 6 atom stereocenters. The Morgan fingerprint density at radius 2 is 1.72 bits per heavy atom. The van der Waals surface area contributed by atoms with Gasteiger partial charge in [-0.25, -0.2) is 0 Å². The van der Waals surface area contributed by atoms with Crippen LogP contribution in [0.3, 0.4) is 0 Å². The van der Waals surface area contributed by atoms with E-state index in [9.17, 15) is 24.6 Å². The monoisotopic (exact) mass is 601 g/mol. The van der Waals surface area contributed by atoms with Crippen LogP contribution in [0.1, 0.15) is 64.4 Å². The number of rotatable bonds is 4. The molecule has 11 nitrogen and oxygen atoms in total. The highest BCUT2D eigenvalue weighted by Gasteiger charge is 2.39. The molecule has 3 fully saturated rings. The number of fused-ring (bicyclic) bond motifs is 3. The molecule has 1 aromatic rings. The predicted molar refractivity (Wildman–Crippen MR) is 163 cm³/mol. The molecule has 3 aliphatic rings. The van der Waals surface area contributed by atoms with E-state index in [1.165, 1.54) is 5.56 Å². The number of ether oxygens (including phenoxy) is 1. The standard InChI is InChI=1S/C32H51N5O6/c1-21(2)37-20-25-15-29(37)32(42)34-10-7-24-19-36(18-22-5-4-6-28(13-22)43-3)12-9-23(24)14-30(40)33-11-8-26(38)16-27(39)17-31(41)35-25/h4-6,13,21,23-27,29,38-39H,7-12,14-20H2,1-3H3,(H,33,40)(H,34,42)(H,35,41)/t23-,24-,25-,26+,27+,29+/m0/s1. The summed E-state index contributed by atoms with van der Waals surface area (Å²) < 4.78 is 5.40. The van der Waals surface area contributed by atoms with Crippen molar-refractivity contribution < 1.29 is 29.3 Å². The summed E-state index contributed by atoms with van der Waals surface area (Å²) in [5, 5.41) is 29.9. The summed E-state index contributed by atoms with van der Waals surface area (Å²) in [5.74, 6) is 0.868. The lowest BCUT2D eigenvalue weighted by Crippen LogP contribution is -2.47. The van der Waals surface area contributed by atoms with Gasteiger partial charge in [0, 0.05) is 51.2 Å². The van der Waals surface area contributed by atoms with E-state index in [1.807, 2.05) is 26.0 Å². The molecule has 0 aliphatic carbocycles. The van der Waals surface area contributed by atoms with E-state index < -0.39 is 12.2 Å². The van der Waals surface area contributed by atoms with Crippen molar-refractivity contribution in [3.8, 4) is 5.75 Å². The number of methoxy groups -OCH3 is 1. The molecule has 0 unspecified atom stereocenters. The molecule has 5 N–H and O–H groups in total. The second-order valence-electron chi connectivity index (χ2n) is 12.9. The molecule has 3 saturated heterocycles. The number of benzene rings is 1. The zero-order chi connectivity index (χ0) is 30.9. The number of likely N-dealkylation sites (tertiary alicyclic amines) is 2. The van der Waals surface area contributed by atoms with E-state index in [-0.39, 0.29) is 60.5 Å². The Morgan fingerprint density at radius 3 is 2.49 bits per heavy atom. The fourth-order valence-electron chi connectivity index (χ4n) is 6.92. The number of carbonyl (C=O) groups excluding carboxylic acids is 3. The lowest BCUT2D eigenvalue weighted by atomic mass is 9.80. The fraction of sp³-hybridized carbons (Fsp3) is 0.719. The van der Waals surface area contributed by atoms with Crippen molar-refractivity contribution >= 4 is 17.7 Å². The van der Waals surface area contributed by atoms with Gasteiger partial charge < -0.3 is 30.9 Å². The normalized spacial score (nSPS) is 31.1. The second kappa shape index (κ2) is 15.8. The van der Waals surface area contributed by atoms with Crippen LogP contribution in [0.15, 0.2) is 24.3 Å². The third-order valence-corrected chi connectivity index (χ3v) is 9.21. The molecule has 240 valence electrons. The number of hydrogen-bond donors (Lipinski definition) is 5. The van der Waals surface area contributed by atoms with Crippen LogP contribution in [-0.2, 0) is 20.9 Å². The van der Waals surface area contributed by atoms with Crippen LogP contribution in [-0.4, -0.2) is 108 Å². The highest BCUT2D eigenvalue weighted by molar-refractivity contribution is 5.83. The molecule has 11 heteroatoms. The summed E-state index contributed by atoms with van der Waals surface area (Å²) in [4.78, 5) is 43.5. The second-order valence-corrected chi connectivity index (χ2v) is 12.9. The maximum Gasteiger partial charge on any atom is 0.237 e. The summed E-state index contributed by atoms with van der Waals surface area (Å²) in [5.41, 5.74) is 1.18. The van der Waals surface area contributed by atoms with Crippen molar-refractivity contribution in [1.29, 1.82) is 0 Å². The van der Waals surface area contributed by atoms with E-state index in [2.05, 4.69) is 37.9 Å². The molecule has 43 heavy (non-hydrogen) atoms. The van der Waals surface area contributed by atoms with Gasteiger partial charge in [-0.3, -0.25) is 24.2 Å². The molecular weight excluding hydrogens is 550 g/mol. The molecule has 0 spiro atoms. The molecule has 3 heterocycles. The molecule has 3 amide bonds. The summed E-state index contributed by atoms with van der Waals surface area (Å²) >= 11 is 0. The Hall–Kier alpha value is -2.73. The van der Waals surface area contributed by atoms with Gasteiger partial charge in [0.15, 0.2) is 0 Å². The third-order valence-electron chi connectivity index (χ3n) is 9.21. The Bertz CT molecular complexity index is 1090. The van der Waals surface area contributed by atoms with Crippen molar-refractivity contribution in [2.45, 2.75) is 95.7 Å². The zero-order valence-corrected chi connectivity index (χ0v) is 26.0. The minimum Gasteiger partial charge on any atom is -0.497 e. The molecular formula is C32H51N5O6. The van der Waals surface area contributed by atoms with Crippen LogP contribution in [0.2, 0.25) is 0 Å². The quantitative estimate of drug-likeness (QED) is 0.344. The Labute approximate surface area is 255 Å². The van der Waals surface area contributed by atoms with Gasteiger partial charge in [0.2, 0.25) is 17.7 Å². The van der Waals surface area contributed by atoms with Crippen LogP contribution in [0, 0.1) is 11.8 Å². The maximum atomic E-state index is 13.4. The van der Waals surface area contributed by atoms with E-state index in [0.29, 0.717) is 38.9 Å². The highest BCUT2D eigenvalue weighted by Crippen LogP contribution is 2.30. The first kappa shape index (κ1) is 33.2. The zero-order valence-electron chi connectivity index (χ0n) is 26.0. The number of carbonyl (C=O) groups is 3. The SMILES string of the molecule is COc1cccc(CN2CC[C@H]3CC(=O)NCC[C@@H](O)C[C@@H](O)CC(=O)N[C@H]4C[C@H](C(=O)NCC[C@H]3C2)N(C(C)C)C4)c1. The minimum atomic E-state index is -0.985. The van der Waals surface area contributed by atoms with Crippen LogP contribution in [0.5, 0.6) is 5.75 Å². The lowest BCUT2D eigenvalue weighted by molar-refractivity contribution is -0.127. The van der Waals surface area contributed by atoms with E-state index in [4.69, 9.17) is 4.74 Å². The largest absolute Gasteiger partial charge is 0.497 e. The highest BCUT2D eigenvalue weighted by atomic mass is 16.5. The maximum absolute atomic E-state index is 13.4. The van der Waals surface area contributed by atoms with Crippen molar-refractivity contribution in [2.24, 2.45) is 11.8 Å². The molecule has 4 rings (SSSR count). The van der Waals surface area contributed by atoms with Gasteiger partial charge in [-0.2, -0.15) is 0 Å². The van der Waals surface area contributed by atoms with Gasteiger partial charge in [0.1, 0.15) is 5.75 Å². The van der Waals surface area contributed by atoms with Gasteiger partial charge in [0.25, 0.3) is 0 Å². The Kier molecular flexibility index (Phi) is 12.2. The molecule has 3 aliphatic heterocycles. The number of amides is 3. The van der Waals surface area contributed by atoms with Crippen LogP contribution >= 0.6 is 0 Å². The molecule has 2 bridgehead atoms. The Morgan fingerprint density at radius 1 is 0.930 bits per heavy atom. The van der Waals surface area contributed by atoms with E-state index >= 15 is 0 Å². The smallest absolute Gasteiger partial charge is 0.237 e. The molecule has 0 saturated carbocycles.